The first-order chi connectivity index (χ1) is 13.7. The molecule has 2 aromatic rings. The molecule has 1 atom stereocenters. The van der Waals surface area contributed by atoms with E-state index in [1.165, 1.54) is 11.3 Å². The van der Waals surface area contributed by atoms with Gasteiger partial charge in [0.2, 0.25) is 0 Å². The lowest BCUT2D eigenvalue weighted by Crippen LogP contribution is -2.34. The molecule has 0 aliphatic heterocycles. The van der Waals surface area contributed by atoms with Crippen molar-refractivity contribution in [3.05, 3.63) is 66.5 Å². The maximum Gasteiger partial charge on any atom is 0.119 e. The first kappa shape index (κ1) is 22.2. The highest BCUT2D eigenvalue weighted by atomic mass is 16.5. The number of benzene rings is 1. The van der Waals surface area contributed by atoms with Crippen LogP contribution < -0.4 is 4.74 Å². The monoisotopic (exact) mass is 386 g/mol. The van der Waals surface area contributed by atoms with Gasteiger partial charge >= 0.3 is 0 Å². The molecule has 0 amide bonds. The molecule has 1 aromatic heterocycles. The number of nitrogens with zero attached hydrogens (tertiary/aromatic N) is 2. The minimum absolute atomic E-state index is 0.345. The number of hydrogen-bond donors (Lipinski definition) is 1. The van der Waals surface area contributed by atoms with Crippen molar-refractivity contribution in [2.45, 2.75) is 38.5 Å². The van der Waals surface area contributed by atoms with Crippen molar-refractivity contribution in [3.8, 4) is 5.75 Å². The zero-order chi connectivity index (χ0) is 20.2. The molecule has 154 valence electrons. The van der Waals surface area contributed by atoms with Crippen LogP contribution in [-0.2, 0) is 17.8 Å². The van der Waals surface area contributed by atoms with E-state index < -0.39 is 0 Å². The first-order valence-corrected chi connectivity index (χ1v) is 9.93. The predicted octanol–water partition coefficient (Wildman–Crippen LogP) is 3.71. The molecule has 28 heavy (non-hydrogen) atoms. The first-order valence-electron chi connectivity index (χ1n) is 9.93. The van der Waals surface area contributed by atoms with E-state index in [9.17, 15) is 5.11 Å². The fourth-order valence-electron chi connectivity index (χ4n) is 3.31. The van der Waals surface area contributed by atoms with Gasteiger partial charge in [-0.05, 0) is 49.1 Å². The summed E-state index contributed by atoms with van der Waals surface area (Å²) in [7, 11) is 3.42. The van der Waals surface area contributed by atoms with Crippen LogP contribution in [0.15, 0.2) is 55.3 Å². The quantitative estimate of drug-likeness (QED) is 0.397. The SMILES string of the molecule is C=CCCC(O)CN(CCCOC)Cc1cccn1Cc1cccc(OC)c1. The minimum atomic E-state index is -0.345. The molecular formula is C23H34N2O3. The largest absolute Gasteiger partial charge is 0.497 e. The summed E-state index contributed by atoms with van der Waals surface area (Å²) in [5.41, 5.74) is 2.44. The Morgan fingerprint density at radius 3 is 2.86 bits per heavy atom. The van der Waals surface area contributed by atoms with Crippen LogP contribution in [0.5, 0.6) is 5.75 Å². The second-order valence-electron chi connectivity index (χ2n) is 7.08. The third-order valence-electron chi connectivity index (χ3n) is 4.79. The Hall–Kier alpha value is -2.08. The summed E-state index contributed by atoms with van der Waals surface area (Å²) < 4.78 is 12.8. The third kappa shape index (κ3) is 7.50. The summed E-state index contributed by atoms with van der Waals surface area (Å²) in [5.74, 6) is 0.873. The average Bonchev–Trinajstić information content (AvgIpc) is 3.13. The molecule has 0 aliphatic carbocycles. The lowest BCUT2D eigenvalue weighted by atomic mass is 10.1. The van der Waals surface area contributed by atoms with E-state index >= 15 is 0 Å². The van der Waals surface area contributed by atoms with Crippen molar-refractivity contribution in [1.82, 2.24) is 9.47 Å². The van der Waals surface area contributed by atoms with Crippen LogP contribution in [-0.4, -0.2) is 54.6 Å². The van der Waals surface area contributed by atoms with Crippen molar-refractivity contribution in [1.29, 1.82) is 0 Å². The summed E-state index contributed by atoms with van der Waals surface area (Å²) >= 11 is 0. The van der Waals surface area contributed by atoms with Crippen LogP contribution in [0.25, 0.3) is 0 Å². The number of aromatic nitrogens is 1. The molecule has 0 radical (unpaired) electrons. The van der Waals surface area contributed by atoms with Gasteiger partial charge in [0.05, 0.1) is 13.2 Å². The molecule has 0 saturated heterocycles. The van der Waals surface area contributed by atoms with E-state index in [-0.39, 0.29) is 6.10 Å². The molecule has 0 fully saturated rings. The second-order valence-corrected chi connectivity index (χ2v) is 7.08. The van der Waals surface area contributed by atoms with Gasteiger partial charge in [-0.3, -0.25) is 4.90 Å². The fourth-order valence-corrected chi connectivity index (χ4v) is 3.31. The summed E-state index contributed by atoms with van der Waals surface area (Å²) in [5, 5.41) is 10.4. The predicted molar refractivity (Wildman–Crippen MR) is 114 cm³/mol. The molecule has 0 aliphatic rings. The summed E-state index contributed by atoms with van der Waals surface area (Å²) in [4.78, 5) is 2.31. The van der Waals surface area contributed by atoms with Crippen LogP contribution in [0.1, 0.15) is 30.5 Å². The van der Waals surface area contributed by atoms with Gasteiger partial charge in [0.1, 0.15) is 5.75 Å². The molecule has 1 heterocycles. The number of hydrogen-bond acceptors (Lipinski definition) is 4. The molecular weight excluding hydrogens is 352 g/mol. The minimum Gasteiger partial charge on any atom is -0.497 e. The van der Waals surface area contributed by atoms with Gasteiger partial charge in [-0.2, -0.15) is 0 Å². The second kappa shape index (κ2) is 12.4. The highest BCUT2D eigenvalue weighted by Gasteiger charge is 2.14. The normalized spacial score (nSPS) is 12.3. The highest BCUT2D eigenvalue weighted by molar-refractivity contribution is 5.29. The van der Waals surface area contributed by atoms with Gasteiger partial charge in [-0.1, -0.05) is 18.2 Å². The zero-order valence-corrected chi connectivity index (χ0v) is 17.2. The fraction of sp³-hybridized carbons (Fsp3) is 0.478. The zero-order valence-electron chi connectivity index (χ0n) is 17.2. The molecule has 1 N–H and O–H groups in total. The van der Waals surface area contributed by atoms with Gasteiger partial charge in [0.15, 0.2) is 0 Å². The van der Waals surface area contributed by atoms with Crippen molar-refractivity contribution in [3.63, 3.8) is 0 Å². The van der Waals surface area contributed by atoms with Gasteiger partial charge in [0.25, 0.3) is 0 Å². The van der Waals surface area contributed by atoms with E-state index in [1.54, 1.807) is 14.2 Å². The van der Waals surface area contributed by atoms with Crippen molar-refractivity contribution < 1.29 is 14.6 Å². The summed E-state index contributed by atoms with van der Waals surface area (Å²) in [6.07, 6.45) is 6.14. The van der Waals surface area contributed by atoms with Crippen LogP contribution in [0.3, 0.4) is 0 Å². The smallest absolute Gasteiger partial charge is 0.119 e. The van der Waals surface area contributed by atoms with Gasteiger partial charge in [0, 0.05) is 51.8 Å². The number of allylic oxidation sites excluding steroid dienone is 1. The van der Waals surface area contributed by atoms with Crippen molar-refractivity contribution >= 4 is 0 Å². The Bertz CT molecular complexity index is 699. The maximum atomic E-state index is 10.4. The molecule has 5 heteroatoms. The van der Waals surface area contributed by atoms with E-state index in [2.05, 4.69) is 46.5 Å². The van der Waals surface area contributed by atoms with Gasteiger partial charge < -0.3 is 19.1 Å². The van der Waals surface area contributed by atoms with E-state index in [4.69, 9.17) is 9.47 Å². The Morgan fingerprint density at radius 1 is 1.25 bits per heavy atom. The molecule has 1 unspecified atom stereocenters. The number of methoxy groups -OCH3 is 2. The number of aliphatic hydroxyl groups is 1. The molecule has 0 saturated carbocycles. The number of aliphatic hydroxyl groups excluding tert-OH is 1. The molecule has 1 aromatic carbocycles. The molecule has 2 rings (SSSR count). The topological polar surface area (TPSA) is 46.9 Å². The van der Waals surface area contributed by atoms with E-state index in [0.29, 0.717) is 6.54 Å². The van der Waals surface area contributed by atoms with Crippen LogP contribution >= 0.6 is 0 Å². The standard InChI is InChI=1S/C23H34N2O3/c1-4-5-11-22(26)19-24(13-8-15-27-2)18-21-10-7-14-25(21)17-20-9-6-12-23(16-20)28-3/h4,6-7,9-10,12,14,16,22,26H,1,5,8,11,13,15,17-19H2,2-3H3. The Labute approximate surface area is 169 Å². The Balaban J connectivity index is 2.04. The van der Waals surface area contributed by atoms with E-state index in [0.717, 1.165) is 51.3 Å². The highest BCUT2D eigenvalue weighted by Crippen LogP contribution is 2.16. The van der Waals surface area contributed by atoms with Crippen molar-refractivity contribution in [2.75, 3.05) is 33.9 Å². The summed E-state index contributed by atoms with van der Waals surface area (Å²) in [6, 6.07) is 12.4. The number of rotatable bonds is 14. The van der Waals surface area contributed by atoms with Crippen LogP contribution in [0.2, 0.25) is 0 Å². The van der Waals surface area contributed by atoms with Crippen molar-refractivity contribution in [2.24, 2.45) is 0 Å². The third-order valence-corrected chi connectivity index (χ3v) is 4.79. The molecule has 0 spiro atoms. The lowest BCUT2D eigenvalue weighted by molar-refractivity contribution is 0.0930. The summed E-state index contributed by atoms with van der Waals surface area (Å²) in [6.45, 7) is 7.61. The molecule has 0 bridgehead atoms. The van der Waals surface area contributed by atoms with Crippen LogP contribution in [0.4, 0.5) is 0 Å². The van der Waals surface area contributed by atoms with Gasteiger partial charge in [-0.15, -0.1) is 6.58 Å². The van der Waals surface area contributed by atoms with E-state index in [1.807, 2.05) is 18.2 Å². The number of ether oxygens (including phenoxy) is 2. The Kier molecular flexibility index (Phi) is 9.83. The maximum absolute atomic E-state index is 10.4. The molecule has 5 nitrogen and oxygen atoms in total. The van der Waals surface area contributed by atoms with Crippen LogP contribution in [0, 0.1) is 0 Å². The van der Waals surface area contributed by atoms with Gasteiger partial charge in [-0.25, -0.2) is 0 Å². The Morgan fingerprint density at radius 2 is 2.11 bits per heavy atom. The lowest BCUT2D eigenvalue weighted by Gasteiger charge is -2.25. The average molecular weight is 387 g/mol.